The van der Waals surface area contributed by atoms with Gasteiger partial charge < -0.3 is 10.4 Å². The van der Waals surface area contributed by atoms with E-state index in [1.807, 2.05) is 0 Å². The molecule has 0 heterocycles. The maximum absolute atomic E-state index is 11.5. The van der Waals surface area contributed by atoms with Gasteiger partial charge in [0.1, 0.15) is 5.60 Å². The molecule has 4 heteroatoms. The van der Waals surface area contributed by atoms with Gasteiger partial charge in [0.15, 0.2) is 5.78 Å². The molecule has 16 heavy (non-hydrogen) atoms. The first-order valence-corrected chi connectivity index (χ1v) is 4.95. The number of rotatable bonds is 3. The average molecular weight is 221 g/mol. The Hall–Kier alpha value is -1.68. The summed E-state index contributed by atoms with van der Waals surface area (Å²) in [6.45, 7) is 4.26. The highest BCUT2D eigenvalue weighted by molar-refractivity contribution is 5.99. The summed E-state index contributed by atoms with van der Waals surface area (Å²) in [5, 5.41) is 12.0. The lowest BCUT2D eigenvalue weighted by molar-refractivity contribution is -0.130. The zero-order valence-electron chi connectivity index (χ0n) is 9.57. The van der Waals surface area contributed by atoms with Crippen LogP contribution in [0, 0.1) is 0 Å². The summed E-state index contributed by atoms with van der Waals surface area (Å²) < 4.78 is 0. The summed E-state index contributed by atoms with van der Waals surface area (Å²) in [6, 6.07) is 6.58. The summed E-state index contributed by atoms with van der Waals surface area (Å²) >= 11 is 0. The summed E-state index contributed by atoms with van der Waals surface area (Å²) in [5.41, 5.74) is -0.417. The van der Waals surface area contributed by atoms with Gasteiger partial charge in [-0.05, 0) is 32.9 Å². The Morgan fingerprint density at radius 2 is 1.94 bits per heavy atom. The molecule has 2 N–H and O–H groups in total. The van der Waals surface area contributed by atoms with Gasteiger partial charge in [-0.15, -0.1) is 0 Å². The highest BCUT2D eigenvalue weighted by Crippen LogP contribution is 2.13. The van der Waals surface area contributed by atoms with E-state index in [-0.39, 0.29) is 5.78 Å². The SMILES string of the molecule is CC(=O)c1cccc(NC(=O)C(C)(C)O)c1. The third-order valence-electron chi connectivity index (χ3n) is 2.08. The van der Waals surface area contributed by atoms with Gasteiger partial charge in [0, 0.05) is 11.3 Å². The van der Waals surface area contributed by atoms with Gasteiger partial charge >= 0.3 is 0 Å². The fourth-order valence-electron chi connectivity index (χ4n) is 1.10. The molecule has 1 rings (SSSR count). The number of hydrogen-bond acceptors (Lipinski definition) is 3. The van der Waals surface area contributed by atoms with Crippen molar-refractivity contribution in [2.45, 2.75) is 26.4 Å². The second-order valence-electron chi connectivity index (χ2n) is 4.15. The molecule has 0 aliphatic carbocycles. The predicted molar refractivity (Wildman–Crippen MR) is 61.4 cm³/mol. The molecule has 0 aliphatic heterocycles. The maximum atomic E-state index is 11.5. The lowest BCUT2D eigenvalue weighted by atomic mass is 10.1. The van der Waals surface area contributed by atoms with Crippen molar-refractivity contribution in [2.24, 2.45) is 0 Å². The Morgan fingerprint density at radius 3 is 2.44 bits per heavy atom. The van der Waals surface area contributed by atoms with Crippen molar-refractivity contribution in [3.63, 3.8) is 0 Å². The third-order valence-corrected chi connectivity index (χ3v) is 2.08. The Morgan fingerprint density at radius 1 is 1.31 bits per heavy atom. The molecular formula is C12H15NO3. The monoisotopic (exact) mass is 221 g/mol. The Kier molecular flexibility index (Phi) is 3.44. The smallest absolute Gasteiger partial charge is 0.255 e. The van der Waals surface area contributed by atoms with E-state index in [1.165, 1.54) is 20.8 Å². The number of nitrogens with one attached hydrogen (secondary N) is 1. The standard InChI is InChI=1S/C12H15NO3/c1-8(14)9-5-4-6-10(7-9)13-11(15)12(2,3)16/h4-7,16H,1-3H3,(H,13,15). The Balaban J connectivity index is 2.87. The minimum Gasteiger partial charge on any atom is -0.381 e. The fraction of sp³-hybridized carbons (Fsp3) is 0.333. The number of hydrogen-bond donors (Lipinski definition) is 2. The predicted octanol–water partition coefficient (Wildman–Crippen LogP) is 1.60. The van der Waals surface area contributed by atoms with Crippen LogP contribution in [0.1, 0.15) is 31.1 Å². The zero-order chi connectivity index (χ0) is 12.3. The van der Waals surface area contributed by atoms with Crippen molar-refractivity contribution in [1.82, 2.24) is 0 Å². The van der Waals surface area contributed by atoms with Crippen molar-refractivity contribution in [1.29, 1.82) is 0 Å². The number of ketones is 1. The highest BCUT2D eigenvalue weighted by atomic mass is 16.3. The number of anilines is 1. The molecule has 1 amide bonds. The van der Waals surface area contributed by atoms with Crippen LogP contribution in [-0.2, 0) is 4.79 Å². The molecule has 0 fully saturated rings. The molecule has 0 aliphatic rings. The van der Waals surface area contributed by atoms with Crippen LogP contribution in [0.4, 0.5) is 5.69 Å². The van der Waals surface area contributed by atoms with E-state index >= 15 is 0 Å². The van der Waals surface area contributed by atoms with Crippen molar-refractivity contribution in [3.8, 4) is 0 Å². The second-order valence-corrected chi connectivity index (χ2v) is 4.15. The van der Waals surface area contributed by atoms with Gasteiger partial charge in [-0.25, -0.2) is 0 Å². The van der Waals surface area contributed by atoms with Crippen molar-refractivity contribution in [2.75, 3.05) is 5.32 Å². The number of benzene rings is 1. The number of Topliss-reactive ketones (excluding diaryl/α,β-unsaturated/α-hetero) is 1. The van der Waals surface area contributed by atoms with Gasteiger partial charge in [-0.2, -0.15) is 0 Å². The molecule has 1 aromatic rings. The van der Waals surface area contributed by atoms with E-state index < -0.39 is 11.5 Å². The molecule has 86 valence electrons. The molecule has 0 saturated heterocycles. The van der Waals surface area contributed by atoms with Gasteiger partial charge in [0.05, 0.1) is 0 Å². The fourth-order valence-corrected chi connectivity index (χ4v) is 1.10. The lowest BCUT2D eigenvalue weighted by Crippen LogP contribution is -2.36. The molecule has 0 bridgehead atoms. The molecule has 0 spiro atoms. The molecule has 1 aromatic carbocycles. The molecule has 0 aromatic heterocycles. The number of aliphatic hydroxyl groups is 1. The van der Waals surface area contributed by atoms with E-state index in [0.717, 1.165) is 0 Å². The maximum Gasteiger partial charge on any atom is 0.255 e. The summed E-state index contributed by atoms with van der Waals surface area (Å²) in [5.74, 6) is -0.576. The topological polar surface area (TPSA) is 66.4 Å². The van der Waals surface area contributed by atoms with Crippen LogP contribution in [0.25, 0.3) is 0 Å². The first-order chi connectivity index (χ1) is 7.30. The minimum absolute atomic E-state index is 0.0700. The second kappa shape index (κ2) is 4.45. The van der Waals surface area contributed by atoms with Crippen LogP contribution in [0.5, 0.6) is 0 Å². The van der Waals surface area contributed by atoms with Crippen LogP contribution in [-0.4, -0.2) is 22.4 Å². The first kappa shape index (κ1) is 12.4. The largest absolute Gasteiger partial charge is 0.381 e. The summed E-state index contributed by atoms with van der Waals surface area (Å²) in [4.78, 5) is 22.6. The van der Waals surface area contributed by atoms with Gasteiger partial charge in [0.2, 0.25) is 0 Å². The van der Waals surface area contributed by atoms with Gasteiger partial charge in [-0.3, -0.25) is 9.59 Å². The molecule has 0 radical (unpaired) electrons. The molecular weight excluding hydrogens is 206 g/mol. The van der Waals surface area contributed by atoms with E-state index in [9.17, 15) is 14.7 Å². The van der Waals surface area contributed by atoms with Gasteiger partial charge in [0.25, 0.3) is 5.91 Å². The quantitative estimate of drug-likeness (QED) is 0.762. The van der Waals surface area contributed by atoms with Crippen LogP contribution in [0.15, 0.2) is 24.3 Å². The van der Waals surface area contributed by atoms with Crippen LogP contribution < -0.4 is 5.32 Å². The van der Waals surface area contributed by atoms with E-state index in [1.54, 1.807) is 24.3 Å². The van der Waals surface area contributed by atoms with Crippen LogP contribution in [0.3, 0.4) is 0 Å². The van der Waals surface area contributed by atoms with Crippen molar-refractivity contribution >= 4 is 17.4 Å². The number of carbonyl (C=O) groups is 2. The summed E-state index contributed by atoms with van der Waals surface area (Å²) in [7, 11) is 0. The third kappa shape index (κ3) is 3.17. The average Bonchev–Trinajstić information content (AvgIpc) is 2.16. The Bertz CT molecular complexity index is 419. The van der Waals surface area contributed by atoms with Gasteiger partial charge in [-0.1, -0.05) is 12.1 Å². The summed E-state index contributed by atoms with van der Waals surface area (Å²) in [6.07, 6.45) is 0. The molecule has 0 atom stereocenters. The van der Waals surface area contributed by atoms with Crippen molar-refractivity contribution in [3.05, 3.63) is 29.8 Å². The van der Waals surface area contributed by atoms with Crippen LogP contribution >= 0.6 is 0 Å². The van der Waals surface area contributed by atoms with E-state index in [4.69, 9.17) is 0 Å². The first-order valence-electron chi connectivity index (χ1n) is 4.95. The van der Waals surface area contributed by atoms with E-state index in [0.29, 0.717) is 11.3 Å². The zero-order valence-corrected chi connectivity index (χ0v) is 9.57. The number of amides is 1. The molecule has 0 saturated carbocycles. The Labute approximate surface area is 94.3 Å². The van der Waals surface area contributed by atoms with Crippen LogP contribution in [0.2, 0.25) is 0 Å². The minimum atomic E-state index is -1.44. The van der Waals surface area contributed by atoms with E-state index in [2.05, 4.69) is 5.32 Å². The normalized spacial score (nSPS) is 11.0. The lowest BCUT2D eigenvalue weighted by Gasteiger charge is -2.16. The molecule has 0 unspecified atom stereocenters. The number of carbonyl (C=O) groups excluding carboxylic acids is 2. The molecule has 4 nitrogen and oxygen atoms in total. The highest BCUT2D eigenvalue weighted by Gasteiger charge is 2.23. The van der Waals surface area contributed by atoms with Crippen molar-refractivity contribution < 1.29 is 14.7 Å².